The Bertz CT molecular complexity index is 373. The van der Waals surface area contributed by atoms with E-state index in [1.54, 1.807) is 12.1 Å². The highest BCUT2D eigenvalue weighted by Crippen LogP contribution is 2.09. The van der Waals surface area contributed by atoms with Crippen LogP contribution in [0.4, 0.5) is 0 Å². The van der Waals surface area contributed by atoms with Crippen LogP contribution in [0.1, 0.15) is 23.2 Å². The third-order valence-corrected chi connectivity index (χ3v) is 1.56. The van der Waals surface area contributed by atoms with Crippen molar-refractivity contribution in [1.29, 1.82) is 0 Å². The maximum atomic E-state index is 10.8. The number of hydrogen-bond acceptors (Lipinski definition) is 4. The molecule has 0 aliphatic rings. The van der Waals surface area contributed by atoms with Crippen molar-refractivity contribution in [3.8, 4) is 0 Å². The average molecular weight is 194 g/mol. The van der Waals surface area contributed by atoms with Crippen LogP contribution in [-0.4, -0.2) is 18.9 Å². The lowest BCUT2D eigenvalue weighted by molar-refractivity contribution is -0.134. The molecule has 1 rings (SSSR count). The second kappa shape index (κ2) is 4.41. The summed E-state index contributed by atoms with van der Waals surface area (Å²) in [5, 5.41) is 0. The first-order chi connectivity index (χ1) is 6.63. The summed E-state index contributed by atoms with van der Waals surface area (Å²) in [5.41, 5.74) is 0. The molecule has 0 aromatic carbocycles. The zero-order valence-corrected chi connectivity index (χ0v) is 7.94. The average Bonchev–Trinajstić information content (AvgIpc) is 2.62. The number of hydrogen-bond donors (Lipinski definition) is 0. The highest BCUT2D eigenvalue weighted by atomic mass is 16.5. The second-order valence-corrected chi connectivity index (χ2v) is 2.61. The molecule has 0 radical (unpaired) electrons. The molecule has 0 saturated heterocycles. The monoisotopic (exact) mass is 194 g/mol. The standard InChI is InChI=1S/C10H10O4/c1-7(11)9-5-3-8(14-9)4-6-10(12)13-2/h3-6H,1-2H3/b6-4+. The molecule has 4 nitrogen and oxygen atoms in total. The fraction of sp³-hybridized carbons (Fsp3) is 0.200. The van der Waals surface area contributed by atoms with Gasteiger partial charge in [0.1, 0.15) is 5.76 Å². The lowest BCUT2D eigenvalue weighted by Crippen LogP contribution is -1.92. The number of esters is 1. The summed E-state index contributed by atoms with van der Waals surface area (Å²) < 4.78 is 9.49. The van der Waals surface area contributed by atoms with E-state index in [2.05, 4.69) is 4.74 Å². The summed E-state index contributed by atoms with van der Waals surface area (Å²) in [6, 6.07) is 3.16. The number of ketones is 1. The van der Waals surface area contributed by atoms with Gasteiger partial charge in [0, 0.05) is 13.0 Å². The van der Waals surface area contributed by atoms with Crippen LogP contribution >= 0.6 is 0 Å². The van der Waals surface area contributed by atoms with Crippen LogP contribution < -0.4 is 0 Å². The molecule has 14 heavy (non-hydrogen) atoms. The van der Waals surface area contributed by atoms with E-state index < -0.39 is 5.97 Å². The molecule has 0 amide bonds. The number of carbonyl (C=O) groups excluding carboxylic acids is 2. The van der Waals surface area contributed by atoms with Gasteiger partial charge in [0.05, 0.1) is 7.11 Å². The number of rotatable bonds is 3. The van der Waals surface area contributed by atoms with Crippen molar-refractivity contribution >= 4 is 17.8 Å². The van der Waals surface area contributed by atoms with E-state index in [-0.39, 0.29) is 11.5 Å². The van der Waals surface area contributed by atoms with Crippen LogP contribution in [0.25, 0.3) is 6.08 Å². The van der Waals surface area contributed by atoms with Gasteiger partial charge in [-0.1, -0.05) is 0 Å². The van der Waals surface area contributed by atoms with Gasteiger partial charge in [-0.25, -0.2) is 4.79 Å². The second-order valence-electron chi connectivity index (χ2n) is 2.61. The van der Waals surface area contributed by atoms with E-state index in [0.717, 1.165) is 0 Å². The minimum atomic E-state index is -0.467. The smallest absolute Gasteiger partial charge is 0.330 e. The molecule has 0 saturated carbocycles. The lowest BCUT2D eigenvalue weighted by Gasteiger charge is -1.88. The summed E-state index contributed by atoms with van der Waals surface area (Å²) in [5.74, 6) is 0.101. The Morgan fingerprint density at radius 3 is 2.64 bits per heavy atom. The molecular weight excluding hydrogens is 184 g/mol. The zero-order chi connectivity index (χ0) is 10.6. The number of methoxy groups -OCH3 is 1. The molecule has 1 heterocycles. The number of furan rings is 1. The highest BCUT2D eigenvalue weighted by molar-refractivity contribution is 5.91. The Hall–Kier alpha value is -1.84. The van der Waals surface area contributed by atoms with Gasteiger partial charge >= 0.3 is 5.97 Å². The first kappa shape index (κ1) is 10.2. The van der Waals surface area contributed by atoms with Gasteiger partial charge < -0.3 is 9.15 Å². The molecule has 0 bridgehead atoms. The van der Waals surface area contributed by atoms with Gasteiger partial charge in [-0.15, -0.1) is 0 Å². The Labute approximate surface area is 81.2 Å². The lowest BCUT2D eigenvalue weighted by atomic mass is 10.3. The summed E-state index contributed by atoms with van der Waals surface area (Å²) >= 11 is 0. The van der Waals surface area contributed by atoms with Crippen LogP contribution in [0.3, 0.4) is 0 Å². The number of Topliss-reactive ketones (excluding diaryl/α,β-unsaturated/α-hetero) is 1. The fourth-order valence-corrected chi connectivity index (χ4v) is 0.850. The van der Waals surface area contributed by atoms with Gasteiger partial charge in [0.15, 0.2) is 11.5 Å². The van der Waals surface area contributed by atoms with Crippen LogP contribution in [-0.2, 0) is 9.53 Å². The third-order valence-electron chi connectivity index (χ3n) is 1.56. The summed E-state index contributed by atoms with van der Waals surface area (Å²) in [7, 11) is 1.29. The van der Waals surface area contributed by atoms with Crippen molar-refractivity contribution in [2.75, 3.05) is 7.11 Å². The van der Waals surface area contributed by atoms with E-state index in [1.807, 2.05) is 0 Å². The SMILES string of the molecule is COC(=O)/C=C/c1ccc(C(C)=O)o1. The Morgan fingerprint density at radius 1 is 1.43 bits per heavy atom. The third kappa shape index (κ3) is 2.58. The topological polar surface area (TPSA) is 56.5 Å². The number of ether oxygens (including phenoxy) is 1. The largest absolute Gasteiger partial charge is 0.466 e. The van der Waals surface area contributed by atoms with E-state index in [1.165, 1.54) is 26.2 Å². The zero-order valence-electron chi connectivity index (χ0n) is 7.94. The maximum Gasteiger partial charge on any atom is 0.330 e. The van der Waals surface area contributed by atoms with E-state index in [4.69, 9.17) is 4.42 Å². The summed E-state index contributed by atoms with van der Waals surface area (Å²) in [4.78, 5) is 21.6. The molecule has 0 atom stereocenters. The van der Waals surface area contributed by atoms with Gasteiger partial charge in [0.25, 0.3) is 0 Å². The van der Waals surface area contributed by atoms with Crippen molar-refractivity contribution in [2.45, 2.75) is 6.92 Å². The predicted molar refractivity (Wildman–Crippen MR) is 49.8 cm³/mol. The molecule has 0 aliphatic heterocycles. The normalized spacial score (nSPS) is 10.4. The molecule has 0 unspecified atom stereocenters. The quantitative estimate of drug-likeness (QED) is 0.417. The predicted octanol–water partition coefficient (Wildman–Crippen LogP) is 1.67. The Balaban J connectivity index is 2.73. The summed E-state index contributed by atoms with van der Waals surface area (Å²) in [6.07, 6.45) is 2.67. The van der Waals surface area contributed by atoms with Crippen molar-refractivity contribution in [2.24, 2.45) is 0 Å². The van der Waals surface area contributed by atoms with E-state index in [9.17, 15) is 9.59 Å². The molecule has 0 spiro atoms. The summed E-state index contributed by atoms with van der Waals surface area (Å²) in [6.45, 7) is 1.41. The fourth-order valence-electron chi connectivity index (χ4n) is 0.850. The van der Waals surface area contributed by atoms with Gasteiger partial charge in [-0.2, -0.15) is 0 Å². The van der Waals surface area contributed by atoms with Crippen LogP contribution in [0.5, 0.6) is 0 Å². The van der Waals surface area contributed by atoms with Gasteiger partial charge in [-0.05, 0) is 18.2 Å². The maximum absolute atomic E-state index is 10.8. The number of carbonyl (C=O) groups is 2. The molecule has 0 N–H and O–H groups in total. The molecule has 4 heteroatoms. The first-order valence-corrected chi connectivity index (χ1v) is 4.00. The molecule has 74 valence electrons. The van der Waals surface area contributed by atoms with Gasteiger partial charge in [0.2, 0.25) is 0 Å². The van der Waals surface area contributed by atoms with Crippen LogP contribution in [0, 0.1) is 0 Å². The minimum absolute atomic E-state index is 0.150. The van der Waals surface area contributed by atoms with Crippen molar-refractivity contribution in [3.05, 3.63) is 29.7 Å². The van der Waals surface area contributed by atoms with Crippen molar-refractivity contribution < 1.29 is 18.7 Å². The Kier molecular flexibility index (Phi) is 3.23. The molecule has 0 fully saturated rings. The first-order valence-electron chi connectivity index (χ1n) is 4.00. The van der Waals surface area contributed by atoms with Crippen LogP contribution in [0.2, 0.25) is 0 Å². The molecular formula is C10H10O4. The van der Waals surface area contributed by atoms with E-state index in [0.29, 0.717) is 5.76 Å². The van der Waals surface area contributed by atoms with Crippen molar-refractivity contribution in [1.82, 2.24) is 0 Å². The molecule has 1 aromatic rings. The molecule has 0 aliphatic carbocycles. The minimum Gasteiger partial charge on any atom is -0.466 e. The van der Waals surface area contributed by atoms with Crippen LogP contribution in [0.15, 0.2) is 22.6 Å². The van der Waals surface area contributed by atoms with E-state index >= 15 is 0 Å². The molecule has 1 aromatic heterocycles. The van der Waals surface area contributed by atoms with Gasteiger partial charge in [-0.3, -0.25) is 4.79 Å². The van der Waals surface area contributed by atoms with Crippen molar-refractivity contribution in [3.63, 3.8) is 0 Å². The highest BCUT2D eigenvalue weighted by Gasteiger charge is 2.03. The Morgan fingerprint density at radius 2 is 2.14 bits per heavy atom.